The molecule has 0 unspecified atom stereocenters. The molecule has 0 fully saturated rings. The Balaban J connectivity index is 0.00000400. The first-order valence-electron chi connectivity index (χ1n) is 13.1. The summed E-state index contributed by atoms with van der Waals surface area (Å²) in [5, 5.41) is 2.21. The number of methoxy groups -OCH3 is 4. The van der Waals surface area contributed by atoms with Crippen LogP contribution in [0.3, 0.4) is 0 Å². The summed E-state index contributed by atoms with van der Waals surface area (Å²) in [5.41, 5.74) is 4.94. The molecule has 2 aromatic carbocycles. The fourth-order valence-corrected chi connectivity index (χ4v) is 5.36. The fraction of sp³-hybridized carbons (Fsp3) is 0.467. The summed E-state index contributed by atoms with van der Waals surface area (Å²) in [6.45, 7) is 3.14. The van der Waals surface area contributed by atoms with Crippen molar-refractivity contribution in [2.24, 2.45) is 0 Å². The van der Waals surface area contributed by atoms with Crippen molar-refractivity contribution in [2.75, 3.05) is 35.0 Å². The van der Waals surface area contributed by atoms with Crippen LogP contribution in [0.15, 0.2) is 30.5 Å². The number of benzene rings is 2. The molecule has 0 saturated carbocycles. The van der Waals surface area contributed by atoms with Crippen LogP contribution in [0.2, 0.25) is 0 Å². The summed E-state index contributed by atoms with van der Waals surface area (Å²) >= 11 is 0. The maximum atomic E-state index is 11.7. The van der Waals surface area contributed by atoms with Gasteiger partial charge in [0.15, 0.2) is 35.7 Å². The Hall–Kier alpha value is -3.19. The number of esters is 1. The maximum absolute atomic E-state index is 11.7. The van der Waals surface area contributed by atoms with Crippen molar-refractivity contribution in [1.82, 2.24) is 0 Å². The summed E-state index contributed by atoms with van der Waals surface area (Å²) in [6, 6.07) is 8.34. The standard InChI is InChI=1S/C30H38NO6.ClH/c1-6-37-28(32)12-10-8-7-9-11-22-21-13-14-25(33-2)30(36-5)24(21)19-31-16-15-20-17-26(34-3)27(35-4)18-23(20)29(22)31;/h13-14,17-19H,6-12,15-16H2,1-5H3;1H/q+1;/p-1. The van der Waals surface area contributed by atoms with Gasteiger partial charge in [0, 0.05) is 23.8 Å². The molecule has 1 aliphatic rings. The molecule has 4 rings (SSSR count). The molecular weight excluding hydrogens is 506 g/mol. The van der Waals surface area contributed by atoms with Crippen molar-refractivity contribution in [3.8, 4) is 34.3 Å². The largest absolute Gasteiger partial charge is 1.00 e. The summed E-state index contributed by atoms with van der Waals surface area (Å²) in [5.74, 6) is 2.85. The number of aryl methyl sites for hydroxylation is 3. The number of rotatable bonds is 12. The quantitative estimate of drug-likeness (QED) is 0.199. The molecule has 7 nitrogen and oxygen atoms in total. The zero-order chi connectivity index (χ0) is 26.4. The third-order valence-electron chi connectivity index (χ3n) is 7.12. The van der Waals surface area contributed by atoms with Gasteiger partial charge < -0.3 is 36.1 Å². The Morgan fingerprint density at radius 3 is 2.26 bits per heavy atom. The van der Waals surface area contributed by atoms with Gasteiger partial charge in [0.25, 0.3) is 0 Å². The smallest absolute Gasteiger partial charge is 0.305 e. The van der Waals surface area contributed by atoms with Gasteiger partial charge in [-0.3, -0.25) is 4.79 Å². The highest BCUT2D eigenvalue weighted by atomic mass is 35.5. The number of halogens is 1. The predicted octanol–water partition coefficient (Wildman–Crippen LogP) is 2.44. The zero-order valence-electron chi connectivity index (χ0n) is 23.0. The van der Waals surface area contributed by atoms with Gasteiger partial charge >= 0.3 is 5.97 Å². The number of ether oxygens (including phenoxy) is 5. The Morgan fingerprint density at radius 1 is 0.868 bits per heavy atom. The van der Waals surface area contributed by atoms with Gasteiger partial charge in [0.1, 0.15) is 0 Å². The number of pyridine rings is 1. The van der Waals surface area contributed by atoms with E-state index in [0.29, 0.717) is 13.0 Å². The van der Waals surface area contributed by atoms with E-state index in [1.807, 2.05) is 13.0 Å². The summed E-state index contributed by atoms with van der Waals surface area (Å²) in [7, 11) is 6.71. The Kier molecular flexibility index (Phi) is 10.5. The first kappa shape index (κ1) is 29.4. The molecule has 8 heteroatoms. The average Bonchev–Trinajstić information content (AvgIpc) is 2.92. The van der Waals surface area contributed by atoms with E-state index in [-0.39, 0.29) is 18.4 Å². The molecular formula is C30H38ClNO6. The molecule has 1 aliphatic heterocycles. The van der Waals surface area contributed by atoms with Crippen LogP contribution in [0, 0.1) is 0 Å². The van der Waals surface area contributed by atoms with Crippen LogP contribution in [0.1, 0.15) is 50.2 Å². The molecule has 0 bridgehead atoms. The van der Waals surface area contributed by atoms with Crippen molar-refractivity contribution in [3.63, 3.8) is 0 Å². The Labute approximate surface area is 231 Å². The van der Waals surface area contributed by atoms with Crippen molar-refractivity contribution >= 4 is 16.7 Å². The molecule has 0 N–H and O–H groups in total. The molecule has 206 valence electrons. The van der Waals surface area contributed by atoms with Gasteiger partial charge in [0.05, 0.1) is 46.0 Å². The van der Waals surface area contributed by atoms with Crippen LogP contribution in [0.4, 0.5) is 0 Å². The zero-order valence-corrected chi connectivity index (χ0v) is 23.8. The SMILES string of the molecule is CCOC(=O)CCCCCCc1c2[n+](cc3c(OC)c(OC)ccc13)CCc1cc(OC)c(OC)cc1-2.[Cl-]. The van der Waals surface area contributed by atoms with Crippen LogP contribution in [-0.2, 0) is 28.9 Å². The van der Waals surface area contributed by atoms with E-state index in [0.717, 1.165) is 78.8 Å². The van der Waals surface area contributed by atoms with Crippen molar-refractivity contribution < 1.29 is 45.5 Å². The number of hydrogen-bond donors (Lipinski definition) is 0. The van der Waals surface area contributed by atoms with Crippen LogP contribution in [0.25, 0.3) is 22.0 Å². The highest BCUT2D eigenvalue weighted by molar-refractivity contribution is 5.95. The highest BCUT2D eigenvalue weighted by Crippen LogP contribution is 2.42. The fourth-order valence-electron chi connectivity index (χ4n) is 5.36. The number of fused-ring (bicyclic) bond motifs is 4. The number of aromatic nitrogens is 1. The van der Waals surface area contributed by atoms with Crippen LogP contribution in [-0.4, -0.2) is 41.0 Å². The molecule has 0 saturated heterocycles. The first-order valence-corrected chi connectivity index (χ1v) is 13.1. The minimum absolute atomic E-state index is 0. The minimum Gasteiger partial charge on any atom is -1.00 e. The lowest BCUT2D eigenvalue weighted by Gasteiger charge is -2.22. The molecule has 0 aliphatic carbocycles. The minimum atomic E-state index is -0.107. The second-order valence-electron chi connectivity index (χ2n) is 9.25. The monoisotopic (exact) mass is 543 g/mol. The summed E-state index contributed by atoms with van der Waals surface area (Å²) < 4.78 is 30.1. The van der Waals surface area contributed by atoms with E-state index in [1.54, 1.807) is 28.4 Å². The highest BCUT2D eigenvalue weighted by Gasteiger charge is 2.31. The Morgan fingerprint density at radius 2 is 1.58 bits per heavy atom. The van der Waals surface area contributed by atoms with Gasteiger partial charge in [-0.05, 0) is 56.0 Å². The van der Waals surface area contributed by atoms with E-state index in [1.165, 1.54) is 22.4 Å². The topological polar surface area (TPSA) is 67.1 Å². The van der Waals surface area contributed by atoms with Gasteiger partial charge in [-0.25, -0.2) is 0 Å². The summed E-state index contributed by atoms with van der Waals surface area (Å²) in [6.07, 6.45) is 8.40. The first-order chi connectivity index (χ1) is 18.1. The van der Waals surface area contributed by atoms with Crippen LogP contribution in [0.5, 0.6) is 23.0 Å². The lowest BCUT2D eigenvalue weighted by atomic mass is 9.89. The predicted molar refractivity (Wildman–Crippen MR) is 143 cm³/mol. The van der Waals surface area contributed by atoms with E-state index >= 15 is 0 Å². The molecule has 0 spiro atoms. The van der Waals surface area contributed by atoms with Crippen molar-refractivity contribution in [2.45, 2.75) is 58.4 Å². The number of carbonyl (C=O) groups is 1. The van der Waals surface area contributed by atoms with Crippen LogP contribution >= 0.6 is 0 Å². The van der Waals surface area contributed by atoms with Gasteiger partial charge in [-0.15, -0.1) is 0 Å². The second kappa shape index (κ2) is 13.6. The number of carbonyl (C=O) groups excluding carboxylic acids is 1. The molecule has 0 atom stereocenters. The third kappa shape index (κ3) is 5.93. The lowest BCUT2D eigenvalue weighted by molar-refractivity contribution is -0.686. The number of unbranched alkanes of at least 4 members (excludes halogenated alkanes) is 3. The third-order valence-corrected chi connectivity index (χ3v) is 7.12. The molecule has 38 heavy (non-hydrogen) atoms. The number of hydrogen-bond acceptors (Lipinski definition) is 6. The maximum Gasteiger partial charge on any atom is 0.305 e. The van der Waals surface area contributed by atoms with E-state index in [9.17, 15) is 4.79 Å². The molecule has 1 aromatic heterocycles. The lowest BCUT2D eigenvalue weighted by Crippen LogP contribution is -3.00. The summed E-state index contributed by atoms with van der Waals surface area (Å²) in [4.78, 5) is 11.7. The molecule has 0 radical (unpaired) electrons. The van der Waals surface area contributed by atoms with Crippen LogP contribution < -0.4 is 35.9 Å². The van der Waals surface area contributed by atoms with Crippen molar-refractivity contribution in [1.29, 1.82) is 0 Å². The van der Waals surface area contributed by atoms with Gasteiger partial charge in [0.2, 0.25) is 5.69 Å². The number of nitrogens with zero attached hydrogens (tertiary/aromatic N) is 1. The molecule has 0 amide bonds. The van der Waals surface area contributed by atoms with Crippen molar-refractivity contribution in [3.05, 3.63) is 41.6 Å². The van der Waals surface area contributed by atoms with E-state index < -0.39 is 0 Å². The Bertz CT molecular complexity index is 1280. The van der Waals surface area contributed by atoms with E-state index in [2.05, 4.69) is 29.0 Å². The normalized spacial score (nSPS) is 11.7. The molecule has 3 aromatic rings. The average molecular weight is 544 g/mol. The van der Waals surface area contributed by atoms with Gasteiger partial charge in [-0.1, -0.05) is 12.8 Å². The molecule has 2 heterocycles. The van der Waals surface area contributed by atoms with E-state index in [4.69, 9.17) is 23.7 Å². The second-order valence-corrected chi connectivity index (χ2v) is 9.25. The van der Waals surface area contributed by atoms with Gasteiger partial charge in [-0.2, -0.15) is 4.57 Å².